The van der Waals surface area contributed by atoms with E-state index in [-0.39, 0.29) is 30.9 Å². The molecule has 0 spiro atoms. The lowest BCUT2D eigenvalue weighted by Crippen LogP contribution is -2.54. The molecule has 1 aliphatic heterocycles. The number of hydrogen-bond acceptors (Lipinski definition) is 7. The van der Waals surface area contributed by atoms with Crippen molar-refractivity contribution in [3.05, 3.63) is 30.1 Å². The Morgan fingerprint density at radius 3 is 2.43 bits per heavy atom. The minimum absolute atomic E-state index is 0.0704. The van der Waals surface area contributed by atoms with Crippen LogP contribution >= 0.6 is 0 Å². The summed E-state index contributed by atoms with van der Waals surface area (Å²) < 4.78 is 19.7. The molecule has 2 rings (SSSR count). The number of carbonyl (C=O) groups is 6. The van der Waals surface area contributed by atoms with Gasteiger partial charge in [-0.3, -0.25) is 24.0 Å². The van der Waals surface area contributed by atoms with Crippen LogP contribution in [0.25, 0.3) is 0 Å². The monoisotopic (exact) mass is 522 g/mol. The van der Waals surface area contributed by atoms with Gasteiger partial charge in [0.2, 0.25) is 23.6 Å². The van der Waals surface area contributed by atoms with E-state index in [0.717, 1.165) is 4.90 Å². The number of nitrogens with zero attached hydrogens (tertiary/aromatic N) is 1. The Morgan fingerprint density at radius 1 is 1.19 bits per heavy atom. The number of carbonyl (C=O) groups excluding carboxylic acids is 5. The highest BCUT2D eigenvalue weighted by Gasteiger charge is 2.41. The van der Waals surface area contributed by atoms with E-state index in [1.165, 1.54) is 25.1 Å². The second-order valence-electron chi connectivity index (χ2n) is 8.96. The van der Waals surface area contributed by atoms with E-state index in [1.807, 2.05) is 0 Å². The van der Waals surface area contributed by atoms with Gasteiger partial charge in [-0.1, -0.05) is 26.0 Å². The van der Waals surface area contributed by atoms with Crippen LogP contribution in [-0.4, -0.2) is 83.2 Å². The fourth-order valence-corrected chi connectivity index (χ4v) is 3.86. The van der Waals surface area contributed by atoms with Crippen molar-refractivity contribution in [3.63, 3.8) is 0 Å². The quantitative estimate of drug-likeness (QED) is 0.269. The molecule has 1 aromatic rings. The van der Waals surface area contributed by atoms with Crippen molar-refractivity contribution < 1.29 is 43.0 Å². The van der Waals surface area contributed by atoms with Crippen LogP contribution in [0.1, 0.15) is 33.6 Å². The first-order chi connectivity index (χ1) is 17.4. The number of hydrogen-bond donors (Lipinski definition) is 4. The first-order valence-electron chi connectivity index (χ1n) is 11.7. The molecule has 13 heteroatoms. The molecule has 202 valence electrons. The van der Waals surface area contributed by atoms with Crippen molar-refractivity contribution >= 4 is 35.9 Å². The molecule has 0 bridgehead atoms. The summed E-state index contributed by atoms with van der Waals surface area (Å²) in [5.41, 5.74) is 0. The highest BCUT2D eigenvalue weighted by Crippen LogP contribution is 2.25. The third-order valence-corrected chi connectivity index (χ3v) is 5.62. The largest absolute Gasteiger partial charge is 0.485 e. The molecule has 0 aromatic heterocycles. The van der Waals surface area contributed by atoms with Crippen LogP contribution in [0.2, 0.25) is 0 Å². The number of carboxylic acids is 1. The number of amides is 4. The Balaban J connectivity index is 2.17. The average molecular weight is 523 g/mol. The highest BCUT2D eigenvalue weighted by atomic mass is 19.1. The van der Waals surface area contributed by atoms with Crippen LogP contribution in [0.4, 0.5) is 4.39 Å². The van der Waals surface area contributed by atoms with Crippen molar-refractivity contribution in [2.45, 2.75) is 57.8 Å². The Labute approximate surface area is 212 Å². The molecule has 4 atom stereocenters. The fraction of sp³-hybridized carbons (Fsp3) is 0.500. The second-order valence-corrected chi connectivity index (χ2v) is 8.96. The maximum absolute atomic E-state index is 14.1. The van der Waals surface area contributed by atoms with Crippen molar-refractivity contribution in [2.75, 3.05) is 13.1 Å². The molecule has 37 heavy (non-hydrogen) atoms. The maximum Gasteiger partial charge on any atom is 0.305 e. The SMILES string of the molecule is CC(=O)N[C@H](C(=O)NCC(=O)N1C[C@H](Oc2ccccc2F)C[C@H]1C(=O)N[C@H](C=O)CC(=O)O)C(C)C. The molecule has 0 aliphatic carbocycles. The summed E-state index contributed by atoms with van der Waals surface area (Å²) >= 11 is 0. The number of halogens is 1. The number of carboxylic acid groups (broad SMARTS) is 1. The average Bonchev–Trinajstić information content (AvgIpc) is 3.25. The van der Waals surface area contributed by atoms with E-state index in [1.54, 1.807) is 19.9 Å². The van der Waals surface area contributed by atoms with Gasteiger partial charge in [-0.2, -0.15) is 0 Å². The van der Waals surface area contributed by atoms with E-state index >= 15 is 0 Å². The molecular formula is C24H31FN4O8. The van der Waals surface area contributed by atoms with E-state index < -0.39 is 72.6 Å². The molecule has 4 N–H and O–H groups in total. The van der Waals surface area contributed by atoms with E-state index in [0.29, 0.717) is 0 Å². The standard InChI is InChI=1S/C24H31FN4O8/c1-13(2)22(27-14(3)31)24(36)26-10-20(32)29-11-16(37-19-7-5-4-6-17(19)25)9-18(29)23(35)28-15(12-30)8-21(33)34/h4-7,12-13,15-16,18,22H,8-11H2,1-3H3,(H,26,36)(H,27,31)(H,28,35)(H,33,34)/t15-,16+,18-,22-/m0/s1. The molecule has 0 radical (unpaired) electrons. The molecule has 1 aliphatic rings. The zero-order chi connectivity index (χ0) is 27.7. The van der Waals surface area contributed by atoms with Gasteiger partial charge >= 0.3 is 5.97 Å². The summed E-state index contributed by atoms with van der Waals surface area (Å²) in [5.74, 6) is -4.77. The topological polar surface area (TPSA) is 171 Å². The van der Waals surface area contributed by atoms with Gasteiger partial charge in [0, 0.05) is 13.3 Å². The van der Waals surface area contributed by atoms with Gasteiger partial charge in [0.15, 0.2) is 11.6 Å². The maximum atomic E-state index is 14.1. The number of benzene rings is 1. The minimum atomic E-state index is -1.32. The Bertz CT molecular complexity index is 1030. The molecule has 1 heterocycles. The minimum Gasteiger partial charge on any atom is -0.485 e. The third kappa shape index (κ3) is 8.54. The Kier molecular flexibility index (Phi) is 10.5. The predicted molar refractivity (Wildman–Crippen MR) is 127 cm³/mol. The van der Waals surface area contributed by atoms with Gasteiger partial charge in [0.05, 0.1) is 25.6 Å². The molecular weight excluding hydrogens is 491 g/mol. The Hall–Kier alpha value is -4.03. The van der Waals surface area contributed by atoms with Gasteiger partial charge in [-0.15, -0.1) is 0 Å². The van der Waals surface area contributed by atoms with Crippen LogP contribution < -0.4 is 20.7 Å². The Morgan fingerprint density at radius 2 is 1.86 bits per heavy atom. The third-order valence-electron chi connectivity index (χ3n) is 5.62. The zero-order valence-electron chi connectivity index (χ0n) is 20.7. The summed E-state index contributed by atoms with van der Waals surface area (Å²) in [5, 5.41) is 16.2. The molecule has 1 fully saturated rings. The lowest BCUT2D eigenvalue weighted by molar-refractivity contribution is -0.141. The molecule has 12 nitrogen and oxygen atoms in total. The van der Waals surface area contributed by atoms with Crippen molar-refractivity contribution in [2.24, 2.45) is 5.92 Å². The summed E-state index contributed by atoms with van der Waals surface area (Å²) in [6.07, 6.45) is -1.25. The van der Waals surface area contributed by atoms with Crippen LogP contribution in [0.3, 0.4) is 0 Å². The van der Waals surface area contributed by atoms with Crippen LogP contribution in [0, 0.1) is 11.7 Å². The molecule has 4 amide bonds. The van der Waals surface area contributed by atoms with Crippen LogP contribution in [-0.2, 0) is 28.8 Å². The number of ether oxygens (including phenoxy) is 1. The van der Waals surface area contributed by atoms with E-state index in [2.05, 4.69) is 16.0 Å². The van der Waals surface area contributed by atoms with E-state index in [9.17, 15) is 33.2 Å². The molecule has 0 saturated carbocycles. The fourth-order valence-electron chi connectivity index (χ4n) is 3.86. The van der Waals surface area contributed by atoms with Gasteiger partial charge in [-0.25, -0.2) is 4.39 Å². The van der Waals surface area contributed by atoms with Crippen molar-refractivity contribution in [3.8, 4) is 5.75 Å². The molecule has 0 unspecified atom stereocenters. The normalized spacial score (nSPS) is 18.5. The van der Waals surface area contributed by atoms with Crippen molar-refractivity contribution in [1.82, 2.24) is 20.9 Å². The summed E-state index contributed by atoms with van der Waals surface area (Å²) in [6, 6.07) is 2.22. The number of para-hydroxylation sites is 1. The van der Waals surface area contributed by atoms with Gasteiger partial charge in [-0.05, 0) is 18.1 Å². The van der Waals surface area contributed by atoms with Crippen molar-refractivity contribution in [1.29, 1.82) is 0 Å². The lowest BCUT2D eigenvalue weighted by Gasteiger charge is -2.26. The number of nitrogens with one attached hydrogen (secondary N) is 3. The number of rotatable bonds is 12. The molecule has 1 saturated heterocycles. The number of likely N-dealkylation sites (tertiary alicyclic amines) is 1. The van der Waals surface area contributed by atoms with Gasteiger partial charge in [0.1, 0.15) is 24.5 Å². The smallest absolute Gasteiger partial charge is 0.305 e. The highest BCUT2D eigenvalue weighted by molar-refractivity contribution is 5.93. The lowest BCUT2D eigenvalue weighted by atomic mass is 10.0. The van der Waals surface area contributed by atoms with Crippen LogP contribution in [0.5, 0.6) is 5.75 Å². The summed E-state index contributed by atoms with van der Waals surface area (Å²) in [7, 11) is 0. The predicted octanol–water partition coefficient (Wildman–Crippen LogP) is -0.391. The van der Waals surface area contributed by atoms with E-state index in [4.69, 9.17) is 9.84 Å². The summed E-state index contributed by atoms with van der Waals surface area (Å²) in [4.78, 5) is 73.2. The number of aliphatic carboxylic acids is 1. The van der Waals surface area contributed by atoms with Gasteiger partial charge in [0.25, 0.3) is 0 Å². The summed E-state index contributed by atoms with van der Waals surface area (Å²) in [6.45, 7) is 4.05. The first-order valence-corrected chi connectivity index (χ1v) is 11.7. The number of aldehydes is 1. The zero-order valence-corrected chi connectivity index (χ0v) is 20.7. The van der Waals surface area contributed by atoms with Gasteiger partial charge < -0.3 is 35.5 Å². The second kappa shape index (κ2) is 13.3. The van der Waals surface area contributed by atoms with Crippen LogP contribution in [0.15, 0.2) is 24.3 Å². The molecule has 1 aromatic carbocycles. The first kappa shape index (κ1) is 29.2.